The molecule has 0 aromatic heterocycles. The van der Waals surface area contributed by atoms with Crippen molar-refractivity contribution in [1.82, 2.24) is 0 Å². The van der Waals surface area contributed by atoms with Gasteiger partial charge in [-0.05, 0) is 36.5 Å². The van der Waals surface area contributed by atoms with Crippen LogP contribution in [0.25, 0.3) is 0 Å². The standard InChI is InChI=1S/C13H18FNO2/c14-12-6-10(8-16)3-4-13(12)15-5-1-2-11(7-15)9-17/h3-4,6,11,16-17H,1-2,5,7-9H2. The third kappa shape index (κ3) is 2.76. The number of piperidine rings is 1. The molecule has 1 atom stereocenters. The van der Waals surface area contributed by atoms with E-state index >= 15 is 0 Å². The van der Waals surface area contributed by atoms with Crippen molar-refractivity contribution in [2.24, 2.45) is 5.92 Å². The first-order valence-corrected chi connectivity index (χ1v) is 5.99. The molecular formula is C13H18FNO2. The average Bonchev–Trinajstić information content (AvgIpc) is 2.38. The van der Waals surface area contributed by atoms with Gasteiger partial charge < -0.3 is 15.1 Å². The third-order valence-electron chi connectivity index (χ3n) is 3.31. The van der Waals surface area contributed by atoms with Gasteiger partial charge in [0, 0.05) is 19.7 Å². The summed E-state index contributed by atoms with van der Waals surface area (Å²) in [6, 6.07) is 4.82. The summed E-state index contributed by atoms with van der Waals surface area (Å²) in [6.07, 6.45) is 1.98. The van der Waals surface area contributed by atoms with Crippen molar-refractivity contribution in [3.8, 4) is 0 Å². The molecule has 4 heteroatoms. The first-order valence-electron chi connectivity index (χ1n) is 5.99. The molecule has 2 N–H and O–H groups in total. The van der Waals surface area contributed by atoms with Gasteiger partial charge in [0.1, 0.15) is 5.82 Å². The number of benzene rings is 1. The lowest BCUT2D eigenvalue weighted by Gasteiger charge is -2.33. The highest BCUT2D eigenvalue weighted by molar-refractivity contribution is 5.49. The Labute approximate surface area is 100 Å². The molecule has 1 unspecified atom stereocenters. The average molecular weight is 239 g/mol. The van der Waals surface area contributed by atoms with E-state index in [1.54, 1.807) is 12.1 Å². The Balaban J connectivity index is 2.16. The van der Waals surface area contributed by atoms with E-state index in [2.05, 4.69) is 0 Å². The van der Waals surface area contributed by atoms with Gasteiger partial charge in [-0.2, -0.15) is 0 Å². The van der Waals surface area contributed by atoms with Crippen LogP contribution >= 0.6 is 0 Å². The van der Waals surface area contributed by atoms with E-state index < -0.39 is 0 Å². The monoisotopic (exact) mass is 239 g/mol. The number of nitrogens with zero attached hydrogens (tertiary/aromatic N) is 1. The van der Waals surface area contributed by atoms with Gasteiger partial charge in [0.15, 0.2) is 0 Å². The number of aliphatic hydroxyl groups excluding tert-OH is 2. The highest BCUT2D eigenvalue weighted by atomic mass is 19.1. The third-order valence-corrected chi connectivity index (χ3v) is 3.31. The summed E-state index contributed by atoms with van der Waals surface area (Å²) >= 11 is 0. The van der Waals surface area contributed by atoms with Gasteiger partial charge in [-0.15, -0.1) is 0 Å². The van der Waals surface area contributed by atoms with Crippen molar-refractivity contribution in [3.05, 3.63) is 29.6 Å². The molecular weight excluding hydrogens is 221 g/mol. The fourth-order valence-electron chi connectivity index (χ4n) is 2.34. The molecule has 2 rings (SSSR count). The number of aliphatic hydroxyl groups is 2. The van der Waals surface area contributed by atoms with Crippen molar-refractivity contribution < 1.29 is 14.6 Å². The zero-order chi connectivity index (χ0) is 12.3. The van der Waals surface area contributed by atoms with Crippen LogP contribution < -0.4 is 4.90 Å². The van der Waals surface area contributed by atoms with E-state index in [-0.39, 0.29) is 24.9 Å². The number of hydrogen-bond donors (Lipinski definition) is 2. The van der Waals surface area contributed by atoms with Crippen LogP contribution in [-0.4, -0.2) is 29.9 Å². The van der Waals surface area contributed by atoms with Crippen LogP contribution in [0.5, 0.6) is 0 Å². The normalized spacial score (nSPS) is 20.6. The van der Waals surface area contributed by atoms with Crippen LogP contribution in [0.4, 0.5) is 10.1 Å². The number of hydrogen-bond acceptors (Lipinski definition) is 3. The molecule has 94 valence electrons. The second-order valence-electron chi connectivity index (χ2n) is 4.58. The van der Waals surface area contributed by atoms with Crippen molar-refractivity contribution in [2.45, 2.75) is 19.4 Å². The highest BCUT2D eigenvalue weighted by Crippen LogP contribution is 2.26. The van der Waals surface area contributed by atoms with E-state index in [1.165, 1.54) is 6.07 Å². The summed E-state index contributed by atoms with van der Waals surface area (Å²) in [5.41, 5.74) is 1.15. The Morgan fingerprint density at radius 2 is 2.18 bits per heavy atom. The first-order chi connectivity index (χ1) is 8.24. The lowest BCUT2D eigenvalue weighted by Crippen LogP contribution is -2.37. The summed E-state index contributed by atoms with van der Waals surface area (Å²) in [5, 5.41) is 18.1. The number of rotatable bonds is 3. The van der Waals surface area contributed by atoms with E-state index in [1.807, 2.05) is 4.90 Å². The smallest absolute Gasteiger partial charge is 0.146 e. The van der Waals surface area contributed by atoms with Crippen LogP contribution in [0.1, 0.15) is 18.4 Å². The van der Waals surface area contributed by atoms with Gasteiger partial charge in [-0.3, -0.25) is 0 Å². The maximum atomic E-state index is 13.8. The van der Waals surface area contributed by atoms with Gasteiger partial charge in [-0.1, -0.05) is 6.07 Å². The van der Waals surface area contributed by atoms with E-state index in [9.17, 15) is 4.39 Å². The summed E-state index contributed by atoms with van der Waals surface area (Å²) < 4.78 is 13.8. The Hall–Kier alpha value is -1.13. The molecule has 1 aliphatic heterocycles. The fraction of sp³-hybridized carbons (Fsp3) is 0.538. The minimum absolute atomic E-state index is 0.142. The van der Waals surface area contributed by atoms with Gasteiger partial charge in [0.25, 0.3) is 0 Å². The van der Waals surface area contributed by atoms with Crippen LogP contribution in [0.2, 0.25) is 0 Å². The first kappa shape index (κ1) is 12.3. The SMILES string of the molecule is OCc1ccc(N2CCCC(CO)C2)c(F)c1. The molecule has 1 aromatic carbocycles. The predicted octanol–water partition coefficient (Wildman–Crippen LogP) is 1.53. The van der Waals surface area contributed by atoms with Crippen LogP contribution in [0, 0.1) is 11.7 Å². The zero-order valence-electron chi connectivity index (χ0n) is 9.77. The molecule has 0 radical (unpaired) electrons. The molecule has 0 saturated carbocycles. The molecule has 0 bridgehead atoms. The van der Waals surface area contributed by atoms with E-state index in [0.29, 0.717) is 17.8 Å². The predicted molar refractivity (Wildman–Crippen MR) is 64.3 cm³/mol. The Morgan fingerprint density at radius 3 is 2.82 bits per heavy atom. The number of halogens is 1. The topological polar surface area (TPSA) is 43.7 Å². The van der Waals surface area contributed by atoms with Gasteiger partial charge >= 0.3 is 0 Å². The lowest BCUT2D eigenvalue weighted by atomic mass is 9.98. The minimum Gasteiger partial charge on any atom is -0.396 e. The highest BCUT2D eigenvalue weighted by Gasteiger charge is 2.21. The molecule has 0 aliphatic carbocycles. The molecule has 1 saturated heterocycles. The molecule has 0 amide bonds. The lowest BCUT2D eigenvalue weighted by molar-refractivity contribution is 0.208. The van der Waals surface area contributed by atoms with Crippen LogP contribution in [-0.2, 0) is 6.61 Å². The molecule has 1 aromatic rings. The zero-order valence-corrected chi connectivity index (χ0v) is 9.77. The molecule has 17 heavy (non-hydrogen) atoms. The quantitative estimate of drug-likeness (QED) is 0.840. The van der Waals surface area contributed by atoms with E-state index in [4.69, 9.17) is 10.2 Å². The summed E-state index contributed by atoms with van der Waals surface area (Å²) in [7, 11) is 0. The molecule has 1 heterocycles. The van der Waals surface area contributed by atoms with E-state index in [0.717, 1.165) is 19.4 Å². The summed E-state index contributed by atoms with van der Waals surface area (Å²) in [4.78, 5) is 1.97. The van der Waals surface area contributed by atoms with Gasteiger partial charge in [-0.25, -0.2) is 4.39 Å². The molecule has 0 spiro atoms. The Bertz CT molecular complexity index is 384. The van der Waals surface area contributed by atoms with Gasteiger partial charge in [0.05, 0.1) is 12.3 Å². The second kappa shape index (κ2) is 5.47. The second-order valence-corrected chi connectivity index (χ2v) is 4.58. The van der Waals surface area contributed by atoms with Crippen LogP contribution in [0.3, 0.4) is 0 Å². The van der Waals surface area contributed by atoms with Crippen molar-refractivity contribution >= 4 is 5.69 Å². The molecule has 1 aliphatic rings. The van der Waals surface area contributed by atoms with Gasteiger partial charge in [0.2, 0.25) is 0 Å². The Kier molecular flexibility index (Phi) is 3.97. The summed E-state index contributed by atoms with van der Waals surface area (Å²) in [6.45, 7) is 1.54. The van der Waals surface area contributed by atoms with Crippen molar-refractivity contribution in [1.29, 1.82) is 0 Å². The number of anilines is 1. The van der Waals surface area contributed by atoms with Crippen LogP contribution in [0.15, 0.2) is 18.2 Å². The van der Waals surface area contributed by atoms with Crippen molar-refractivity contribution in [3.63, 3.8) is 0 Å². The fourth-order valence-corrected chi connectivity index (χ4v) is 2.34. The molecule has 1 fully saturated rings. The largest absolute Gasteiger partial charge is 0.396 e. The Morgan fingerprint density at radius 1 is 1.35 bits per heavy atom. The molecule has 3 nitrogen and oxygen atoms in total. The minimum atomic E-state index is -0.296. The summed E-state index contributed by atoms with van der Waals surface area (Å²) in [5.74, 6) is -0.0594. The maximum absolute atomic E-state index is 13.8. The van der Waals surface area contributed by atoms with Crippen molar-refractivity contribution in [2.75, 3.05) is 24.6 Å². The maximum Gasteiger partial charge on any atom is 0.146 e.